The number of nitrogens with zero attached hydrogens (tertiary/aromatic N) is 2. The van der Waals surface area contributed by atoms with Crippen LogP contribution in [0.4, 0.5) is 0 Å². The van der Waals surface area contributed by atoms with Crippen molar-refractivity contribution in [1.82, 2.24) is 9.78 Å². The number of aryl methyl sites for hydroxylation is 1. The molecule has 1 N–H and O–H groups in total. The fourth-order valence-electron chi connectivity index (χ4n) is 5.74. The van der Waals surface area contributed by atoms with Crippen LogP contribution in [0.15, 0.2) is 35.3 Å². The van der Waals surface area contributed by atoms with Gasteiger partial charge in [-0.2, -0.15) is 5.10 Å². The van der Waals surface area contributed by atoms with Crippen LogP contribution in [0.25, 0.3) is 11.1 Å². The summed E-state index contributed by atoms with van der Waals surface area (Å²) in [6.45, 7) is 2.24. The van der Waals surface area contributed by atoms with E-state index in [1.54, 1.807) is 7.05 Å². The number of hydrogen-bond donors (Lipinski definition) is 1. The lowest BCUT2D eigenvalue weighted by molar-refractivity contribution is -0.142. The molecule has 1 unspecified atom stereocenters. The van der Waals surface area contributed by atoms with Crippen molar-refractivity contribution in [2.45, 2.75) is 84.0 Å². The molecule has 1 heterocycles. The van der Waals surface area contributed by atoms with Gasteiger partial charge in [-0.15, -0.1) is 0 Å². The highest BCUT2D eigenvalue weighted by atomic mass is 16.5. The molecular formula is C30H42N2O5. The van der Waals surface area contributed by atoms with E-state index >= 15 is 0 Å². The van der Waals surface area contributed by atoms with E-state index in [1.165, 1.54) is 50.1 Å². The molecule has 37 heavy (non-hydrogen) atoms. The van der Waals surface area contributed by atoms with E-state index < -0.39 is 11.9 Å². The van der Waals surface area contributed by atoms with Gasteiger partial charge in [-0.05, 0) is 48.6 Å². The fourth-order valence-corrected chi connectivity index (χ4v) is 5.74. The Morgan fingerprint density at radius 3 is 2.43 bits per heavy atom. The standard InChI is InChI=1S/C30H42N2O5/c1-4-22(23-9-6-5-7-10-23)17-18-26(33)12-8-11-25(30(35)36)19-21-13-15-24(16-14-21)28-27(37-3)20-31-32(2)29(28)34/h13-16,20,22-23,25H,4-12,17-19H2,1-3H3,(H,35,36)/t22?,25-/m0/s1. The molecule has 1 aliphatic rings. The number of aromatic nitrogens is 2. The van der Waals surface area contributed by atoms with Crippen molar-refractivity contribution in [1.29, 1.82) is 0 Å². The molecule has 0 bridgehead atoms. The second-order valence-electron chi connectivity index (χ2n) is 10.5. The zero-order valence-electron chi connectivity index (χ0n) is 22.6. The highest BCUT2D eigenvalue weighted by molar-refractivity contribution is 5.78. The summed E-state index contributed by atoms with van der Waals surface area (Å²) in [5.74, 6) is 0.684. The second-order valence-corrected chi connectivity index (χ2v) is 10.5. The van der Waals surface area contributed by atoms with Gasteiger partial charge in [-0.1, -0.05) is 69.7 Å². The average Bonchev–Trinajstić information content (AvgIpc) is 2.91. The molecule has 7 nitrogen and oxygen atoms in total. The van der Waals surface area contributed by atoms with Crippen molar-refractivity contribution < 1.29 is 19.4 Å². The number of aliphatic carboxylic acids is 1. The Morgan fingerprint density at radius 1 is 1.11 bits per heavy atom. The first kappa shape index (κ1) is 28.6. The summed E-state index contributed by atoms with van der Waals surface area (Å²) < 4.78 is 6.57. The van der Waals surface area contributed by atoms with E-state index in [9.17, 15) is 19.5 Å². The number of rotatable bonds is 14. The van der Waals surface area contributed by atoms with Gasteiger partial charge < -0.3 is 9.84 Å². The Hall–Kier alpha value is -2.96. The van der Waals surface area contributed by atoms with Gasteiger partial charge in [0.2, 0.25) is 0 Å². The van der Waals surface area contributed by atoms with Crippen molar-refractivity contribution in [3.8, 4) is 16.9 Å². The molecule has 202 valence electrons. The van der Waals surface area contributed by atoms with E-state index in [4.69, 9.17) is 4.74 Å². The lowest BCUT2D eigenvalue weighted by Gasteiger charge is -2.29. The van der Waals surface area contributed by atoms with Gasteiger partial charge in [0.1, 0.15) is 5.78 Å². The van der Waals surface area contributed by atoms with Crippen LogP contribution >= 0.6 is 0 Å². The van der Waals surface area contributed by atoms with E-state index in [2.05, 4.69) is 12.0 Å². The summed E-state index contributed by atoms with van der Waals surface area (Å²) in [7, 11) is 3.08. The number of ketones is 1. The maximum atomic E-state index is 12.6. The van der Waals surface area contributed by atoms with Crippen molar-refractivity contribution in [3.63, 3.8) is 0 Å². The molecule has 0 aliphatic heterocycles. The zero-order chi connectivity index (χ0) is 26.8. The minimum Gasteiger partial charge on any atom is -0.494 e. The third-order valence-electron chi connectivity index (χ3n) is 8.04. The molecule has 2 atom stereocenters. The zero-order valence-corrected chi connectivity index (χ0v) is 22.6. The summed E-state index contributed by atoms with van der Waals surface area (Å²) in [6, 6.07) is 7.33. The lowest BCUT2D eigenvalue weighted by Crippen LogP contribution is -2.21. The molecule has 0 radical (unpaired) electrons. The first-order valence-corrected chi connectivity index (χ1v) is 13.8. The molecule has 1 saturated carbocycles. The van der Waals surface area contributed by atoms with Gasteiger partial charge in [0.15, 0.2) is 5.75 Å². The molecule has 1 aliphatic carbocycles. The molecule has 7 heteroatoms. The number of carbonyl (C=O) groups is 2. The predicted octanol–water partition coefficient (Wildman–Crippen LogP) is 5.83. The van der Waals surface area contributed by atoms with Crippen LogP contribution in [0, 0.1) is 17.8 Å². The molecule has 1 aromatic carbocycles. The lowest BCUT2D eigenvalue weighted by atomic mass is 9.76. The minimum atomic E-state index is -0.843. The maximum Gasteiger partial charge on any atom is 0.306 e. The van der Waals surface area contributed by atoms with Gasteiger partial charge in [0, 0.05) is 19.9 Å². The van der Waals surface area contributed by atoms with E-state index in [1.807, 2.05) is 24.3 Å². The van der Waals surface area contributed by atoms with Crippen molar-refractivity contribution in [2.75, 3.05) is 7.11 Å². The number of methoxy groups -OCH3 is 1. The van der Waals surface area contributed by atoms with Crippen LogP contribution in [-0.4, -0.2) is 33.7 Å². The molecule has 0 spiro atoms. The average molecular weight is 511 g/mol. The fraction of sp³-hybridized carbons (Fsp3) is 0.600. The number of benzene rings is 1. The molecule has 3 rings (SSSR count). The SMILES string of the molecule is CCC(CCC(=O)CCC[C@@H](Cc1ccc(-c2c(OC)cnn(C)c2=O)cc1)C(=O)O)C1CCCCC1. The molecular weight excluding hydrogens is 468 g/mol. The van der Waals surface area contributed by atoms with Crippen LogP contribution in [0.2, 0.25) is 0 Å². The van der Waals surface area contributed by atoms with Crippen LogP contribution in [0.3, 0.4) is 0 Å². The first-order valence-electron chi connectivity index (χ1n) is 13.8. The normalized spacial score (nSPS) is 15.8. The van der Waals surface area contributed by atoms with Gasteiger partial charge >= 0.3 is 5.97 Å². The Bertz CT molecular complexity index is 1090. The van der Waals surface area contributed by atoms with Crippen molar-refractivity contribution in [2.24, 2.45) is 24.8 Å². The predicted molar refractivity (Wildman–Crippen MR) is 145 cm³/mol. The highest BCUT2D eigenvalue weighted by Crippen LogP contribution is 2.34. The Morgan fingerprint density at radius 2 is 1.81 bits per heavy atom. The largest absolute Gasteiger partial charge is 0.494 e. The van der Waals surface area contributed by atoms with E-state index in [0.29, 0.717) is 54.9 Å². The third kappa shape index (κ3) is 8.01. The van der Waals surface area contributed by atoms with Crippen molar-refractivity contribution in [3.05, 3.63) is 46.4 Å². The van der Waals surface area contributed by atoms with Gasteiger partial charge in [0.25, 0.3) is 5.56 Å². The Kier molecular flexibility index (Phi) is 10.9. The molecule has 2 aromatic rings. The number of hydrogen-bond acceptors (Lipinski definition) is 5. The van der Waals surface area contributed by atoms with E-state index in [0.717, 1.165) is 24.3 Å². The summed E-state index contributed by atoms with van der Waals surface area (Å²) in [6.07, 6.45) is 12.7. The van der Waals surface area contributed by atoms with Gasteiger partial charge in [-0.25, -0.2) is 4.68 Å². The molecule has 0 amide bonds. The third-order valence-corrected chi connectivity index (χ3v) is 8.04. The molecule has 1 aromatic heterocycles. The smallest absolute Gasteiger partial charge is 0.306 e. The number of carboxylic acids is 1. The van der Waals surface area contributed by atoms with Crippen LogP contribution in [0.5, 0.6) is 5.75 Å². The summed E-state index contributed by atoms with van der Waals surface area (Å²) in [4.78, 5) is 37.0. The van der Waals surface area contributed by atoms with Crippen LogP contribution < -0.4 is 10.3 Å². The number of carboxylic acid groups (broad SMARTS) is 1. The van der Waals surface area contributed by atoms with Crippen molar-refractivity contribution >= 4 is 11.8 Å². The summed E-state index contributed by atoms with van der Waals surface area (Å²) in [5, 5.41) is 13.8. The van der Waals surface area contributed by atoms with Crippen LogP contribution in [-0.2, 0) is 23.1 Å². The molecule has 0 saturated heterocycles. The Balaban J connectivity index is 1.51. The summed E-state index contributed by atoms with van der Waals surface area (Å²) in [5.41, 5.74) is 1.74. The number of Topliss-reactive ketones (excluding diaryl/α,β-unsaturated/α-hetero) is 1. The monoisotopic (exact) mass is 510 g/mol. The number of ether oxygens (including phenoxy) is 1. The maximum absolute atomic E-state index is 12.6. The van der Waals surface area contributed by atoms with E-state index in [-0.39, 0.29) is 11.3 Å². The molecule has 1 fully saturated rings. The quantitative estimate of drug-likeness (QED) is 0.344. The van der Waals surface area contributed by atoms with Gasteiger partial charge in [-0.3, -0.25) is 14.4 Å². The second kappa shape index (κ2) is 14.1. The minimum absolute atomic E-state index is 0.260. The topological polar surface area (TPSA) is 98.5 Å². The van der Waals surface area contributed by atoms with Gasteiger partial charge in [0.05, 0.1) is 24.8 Å². The number of carbonyl (C=O) groups excluding carboxylic acids is 1. The summed E-state index contributed by atoms with van der Waals surface area (Å²) >= 11 is 0. The van der Waals surface area contributed by atoms with Crippen LogP contribution in [0.1, 0.15) is 83.1 Å². The Labute approximate surface area is 220 Å². The first-order chi connectivity index (χ1) is 17.8. The highest BCUT2D eigenvalue weighted by Gasteiger charge is 2.23.